The zero-order valence-corrected chi connectivity index (χ0v) is 13.0. The maximum atomic E-state index is 4.80. The monoisotopic (exact) mass is 251 g/mol. The molecule has 0 saturated heterocycles. The molecule has 0 N–H and O–H groups in total. The summed E-state index contributed by atoms with van der Waals surface area (Å²) in [4.78, 5) is 8.95. The Morgan fingerprint density at radius 3 is 2.22 bits per heavy atom. The van der Waals surface area contributed by atoms with Gasteiger partial charge in [-0.05, 0) is 25.7 Å². The third-order valence-electron chi connectivity index (χ3n) is 3.58. The number of guanidine groups is 1. The zero-order valence-electron chi connectivity index (χ0n) is 13.0. The molecule has 1 aliphatic rings. The second kappa shape index (κ2) is 6.26. The molecule has 0 radical (unpaired) electrons. The lowest BCUT2D eigenvalue weighted by atomic mass is 9.78. The van der Waals surface area contributed by atoms with Crippen LogP contribution in [-0.2, 0) is 0 Å². The number of hydrogen-bond donors (Lipinski definition) is 0. The second-order valence-electron chi connectivity index (χ2n) is 6.26. The van der Waals surface area contributed by atoms with E-state index in [-0.39, 0.29) is 5.41 Å². The minimum Gasteiger partial charge on any atom is -0.349 e. The third kappa shape index (κ3) is 4.04. The lowest BCUT2D eigenvalue weighted by Gasteiger charge is -2.30. The van der Waals surface area contributed by atoms with Gasteiger partial charge in [-0.1, -0.05) is 25.5 Å². The minimum atomic E-state index is 0.192. The molecule has 1 aliphatic carbocycles. The maximum absolute atomic E-state index is 4.80. The van der Waals surface area contributed by atoms with E-state index in [4.69, 9.17) is 4.99 Å². The van der Waals surface area contributed by atoms with E-state index >= 15 is 0 Å². The van der Waals surface area contributed by atoms with Crippen LogP contribution in [0.1, 0.15) is 39.5 Å². The van der Waals surface area contributed by atoms with Crippen LogP contribution in [0.25, 0.3) is 0 Å². The highest BCUT2D eigenvalue weighted by atomic mass is 15.3. The Kier molecular flexibility index (Phi) is 5.24. The first-order valence-electron chi connectivity index (χ1n) is 6.93. The molecule has 0 fully saturated rings. The second-order valence-corrected chi connectivity index (χ2v) is 6.26. The van der Waals surface area contributed by atoms with Gasteiger partial charge in [0.05, 0.1) is 6.54 Å². The van der Waals surface area contributed by atoms with Crippen LogP contribution in [0.3, 0.4) is 0 Å². The van der Waals surface area contributed by atoms with Gasteiger partial charge in [-0.25, -0.2) is 0 Å². The number of hydrogen-bond acceptors (Lipinski definition) is 1. The maximum Gasteiger partial charge on any atom is 0.195 e. The Labute approximate surface area is 113 Å². The van der Waals surface area contributed by atoms with E-state index in [1.807, 2.05) is 28.2 Å². The summed E-state index contributed by atoms with van der Waals surface area (Å²) in [5, 5.41) is 0. The quantitative estimate of drug-likeness (QED) is 0.436. The van der Waals surface area contributed by atoms with Gasteiger partial charge in [0.15, 0.2) is 5.96 Å². The average Bonchev–Trinajstić information content (AvgIpc) is 2.29. The summed E-state index contributed by atoms with van der Waals surface area (Å²) in [6, 6.07) is 0. The zero-order chi connectivity index (χ0) is 13.8. The van der Waals surface area contributed by atoms with Crippen LogP contribution < -0.4 is 0 Å². The van der Waals surface area contributed by atoms with E-state index in [0.29, 0.717) is 0 Å². The predicted molar refractivity (Wildman–Crippen MR) is 80.0 cm³/mol. The first-order valence-corrected chi connectivity index (χ1v) is 6.93. The van der Waals surface area contributed by atoms with E-state index in [2.05, 4.69) is 29.7 Å². The Morgan fingerprint density at radius 2 is 1.78 bits per heavy atom. The van der Waals surface area contributed by atoms with Crippen molar-refractivity contribution in [3.63, 3.8) is 0 Å². The van der Waals surface area contributed by atoms with Gasteiger partial charge in [0, 0.05) is 33.6 Å². The van der Waals surface area contributed by atoms with Crippen molar-refractivity contribution in [3.05, 3.63) is 11.6 Å². The summed E-state index contributed by atoms with van der Waals surface area (Å²) in [5.41, 5.74) is 1.78. The lowest BCUT2D eigenvalue weighted by Crippen LogP contribution is -2.36. The molecule has 0 aliphatic heterocycles. The van der Waals surface area contributed by atoms with Crippen molar-refractivity contribution >= 4 is 5.96 Å². The molecule has 0 spiro atoms. The van der Waals surface area contributed by atoms with E-state index < -0.39 is 0 Å². The molecule has 0 aromatic carbocycles. The summed E-state index contributed by atoms with van der Waals surface area (Å²) in [6.07, 6.45) is 7.62. The molecule has 0 bridgehead atoms. The molecule has 3 nitrogen and oxygen atoms in total. The molecule has 104 valence electrons. The summed E-state index contributed by atoms with van der Waals surface area (Å²) < 4.78 is 0. The molecule has 18 heavy (non-hydrogen) atoms. The standard InChI is InChI=1S/C15H29N3/c1-15(2,13-10-8-7-9-11-13)12-16-14(17(3)4)18(5)6/h10H,7-9,11-12H2,1-6H3. The number of aliphatic imine (C=N–C) groups is 1. The summed E-state index contributed by atoms with van der Waals surface area (Å²) in [7, 11) is 8.19. The van der Waals surface area contributed by atoms with Crippen molar-refractivity contribution in [2.45, 2.75) is 39.5 Å². The van der Waals surface area contributed by atoms with Crippen molar-refractivity contribution in [3.8, 4) is 0 Å². The molecule has 0 atom stereocenters. The van der Waals surface area contributed by atoms with Crippen LogP contribution >= 0.6 is 0 Å². The van der Waals surface area contributed by atoms with E-state index in [1.165, 1.54) is 25.7 Å². The summed E-state index contributed by atoms with van der Waals surface area (Å²) >= 11 is 0. The van der Waals surface area contributed by atoms with Gasteiger partial charge in [0.25, 0.3) is 0 Å². The fourth-order valence-electron chi connectivity index (χ4n) is 2.51. The first-order chi connectivity index (χ1) is 8.34. The largest absolute Gasteiger partial charge is 0.349 e. The van der Waals surface area contributed by atoms with Crippen molar-refractivity contribution in [1.29, 1.82) is 0 Å². The van der Waals surface area contributed by atoms with Crippen molar-refractivity contribution in [1.82, 2.24) is 9.80 Å². The van der Waals surface area contributed by atoms with Gasteiger partial charge in [-0.2, -0.15) is 0 Å². The van der Waals surface area contributed by atoms with Crippen molar-refractivity contribution in [2.24, 2.45) is 10.4 Å². The van der Waals surface area contributed by atoms with Gasteiger partial charge in [-0.15, -0.1) is 0 Å². The number of allylic oxidation sites excluding steroid dienone is 1. The van der Waals surface area contributed by atoms with Gasteiger partial charge < -0.3 is 9.80 Å². The fraction of sp³-hybridized carbons (Fsp3) is 0.800. The molecule has 0 saturated carbocycles. The molecule has 0 aromatic rings. The van der Waals surface area contributed by atoms with Crippen LogP contribution in [0.4, 0.5) is 0 Å². The minimum absolute atomic E-state index is 0.192. The Morgan fingerprint density at radius 1 is 1.17 bits per heavy atom. The highest BCUT2D eigenvalue weighted by molar-refractivity contribution is 5.79. The Hall–Kier alpha value is -0.990. The SMILES string of the molecule is CN(C)C(=NCC(C)(C)C1=CCCCC1)N(C)C. The number of rotatable bonds is 3. The normalized spacial score (nSPS) is 16.0. The van der Waals surface area contributed by atoms with E-state index in [9.17, 15) is 0 Å². The Bertz CT molecular complexity index is 315. The topological polar surface area (TPSA) is 18.8 Å². The van der Waals surface area contributed by atoms with Crippen LogP contribution in [0.15, 0.2) is 16.6 Å². The van der Waals surface area contributed by atoms with Crippen LogP contribution in [0.2, 0.25) is 0 Å². The number of nitrogens with zero attached hydrogens (tertiary/aromatic N) is 3. The molecular formula is C15H29N3. The smallest absolute Gasteiger partial charge is 0.195 e. The van der Waals surface area contributed by atoms with Gasteiger partial charge in [-0.3, -0.25) is 4.99 Å². The van der Waals surface area contributed by atoms with E-state index in [1.54, 1.807) is 5.57 Å². The molecule has 3 heteroatoms. The average molecular weight is 251 g/mol. The highest BCUT2D eigenvalue weighted by Gasteiger charge is 2.24. The van der Waals surface area contributed by atoms with E-state index in [0.717, 1.165) is 12.5 Å². The Balaban J connectivity index is 2.75. The molecule has 0 amide bonds. The predicted octanol–water partition coefficient (Wildman–Crippen LogP) is 2.99. The molecule has 0 unspecified atom stereocenters. The molecule has 0 aromatic heterocycles. The highest BCUT2D eigenvalue weighted by Crippen LogP contribution is 2.34. The molecular weight excluding hydrogens is 222 g/mol. The van der Waals surface area contributed by atoms with Gasteiger partial charge in [0.1, 0.15) is 0 Å². The van der Waals surface area contributed by atoms with Gasteiger partial charge in [0.2, 0.25) is 0 Å². The molecule has 1 rings (SSSR count). The van der Waals surface area contributed by atoms with Crippen LogP contribution in [0, 0.1) is 5.41 Å². The fourth-order valence-corrected chi connectivity index (χ4v) is 2.51. The summed E-state index contributed by atoms with van der Waals surface area (Å²) in [5.74, 6) is 1.04. The van der Waals surface area contributed by atoms with Crippen molar-refractivity contribution < 1.29 is 0 Å². The van der Waals surface area contributed by atoms with Gasteiger partial charge >= 0.3 is 0 Å². The summed E-state index contributed by atoms with van der Waals surface area (Å²) in [6.45, 7) is 5.50. The first kappa shape index (κ1) is 15.1. The molecule has 0 heterocycles. The lowest BCUT2D eigenvalue weighted by molar-refractivity contribution is 0.413. The van der Waals surface area contributed by atoms with Crippen molar-refractivity contribution in [2.75, 3.05) is 34.7 Å². The van der Waals surface area contributed by atoms with Crippen LogP contribution in [0.5, 0.6) is 0 Å². The third-order valence-corrected chi connectivity index (χ3v) is 3.58. The van der Waals surface area contributed by atoms with Crippen LogP contribution in [-0.4, -0.2) is 50.5 Å².